The Morgan fingerprint density at radius 3 is 1.36 bits per heavy atom. The molecule has 0 bridgehead atoms. The quantitative estimate of drug-likeness (QED) is 0.166. The van der Waals surface area contributed by atoms with E-state index in [-0.39, 0.29) is 0 Å². The van der Waals surface area contributed by atoms with Gasteiger partial charge in [0, 0.05) is 29.1 Å². The third-order valence-electron chi connectivity index (χ3n) is 12.9. The van der Waals surface area contributed by atoms with Gasteiger partial charge in [-0.1, -0.05) is 188 Å². The van der Waals surface area contributed by atoms with E-state index in [4.69, 9.17) is 15.0 Å². The second kappa shape index (κ2) is 14.5. The van der Waals surface area contributed by atoms with Crippen molar-refractivity contribution in [3.05, 3.63) is 219 Å². The summed E-state index contributed by atoms with van der Waals surface area (Å²) >= 11 is 0. The third kappa shape index (κ3) is 5.77. The van der Waals surface area contributed by atoms with Gasteiger partial charge in [-0.05, 0) is 116 Å². The number of fused-ring (bicyclic) bond motifs is 11. The molecule has 0 N–H and O–H groups in total. The molecule has 64 heavy (non-hydrogen) atoms. The normalized spacial score (nSPS) is 11.8. The highest BCUT2D eigenvalue weighted by molar-refractivity contribution is 6.36. The molecule has 0 spiro atoms. The molecule has 0 aliphatic rings. The molecule has 0 radical (unpaired) electrons. The van der Waals surface area contributed by atoms with Crippen LogP contribution < -0.4 is 0 Å². The van der Waals surface area contributed by atoms with E-state index in [2.05, 4.69) is 187 Å². The predicted octanol–water partition coefficient (Wildman–Crippen LogP) is 15.7. The molecule has 0 saturated carbocycles. The van der Waals surface area contributed by atoms with Crippen molar-refractivity contribution in [1.82, 2.24) is 19.9 Å². The van der Waals surface area contributed by atoms with E-state index in [9.17, 15) is 0 Å². The Kier molecular flexibility index (Phi) is 8.18. The maximum absolute atomic E-state index is 5.27. The summed E-state index contributed by atoms with van der Waals surface area (Å²) in [5.41, 5.74) is 4.88. The van der Waals surface area contributed by atoms with Crippen LogP contribution in [0.4, 0.5) is 0 Å². The number of benzene rings is 10. The van der Waals surface area contributed by atoms with Crippen molar-refractivity contribution < 1.29 is 0 Å². The Hall–Kier alpha value is -8.60. The minimum atomic E-state index is 0.610. The number of aromatic nitrogens is 4. The van der Waals surface area contributed by atoms with E-state index in [1.54, 1.807) is 6.20 Å². The molecule has 0 unspecified atom stereocenters. The molecule has 13 aromatic rings. The number of hydrogen-bond acceptors (Lipinski definition) is 4. The van der Waals surface area contributed by atoms with Gasteiger partial charge in [0.2, 0.25) is 0 Å². The van der Waals surface area contributed by atoms with Crippen molar-refractivity contribution in [2.45, 2.75) is 0 Å². The second-order valence-corrected chi connectivity index (χ2v) is 16.5. The minimum Gasteiger partial charge on any atom is -0.264 e. The topological polar surface area (TPSA) is 51.6 Å². The Labute approximate surface area is 368 Å². The first kappa shape index (κ1) is 36.1. The Morgan fingerprint density at radius 1 is 0.234 bits per heavy atom. The van der Waals surface area contributed by atoms with Crippen molar-refractivity contribution in [3.8, 4) is 45.3 Å². The summed E-state index contributed by atoms with van der Waals surface area (Å²) < 4.78 is 0. The first-order valence-corrected chi connectivity index (χ1v) is 21.7. The van der Waals surface area contributed by atoms with E-state index in [0.29, 0.717) is 17.5 Å². The fourth-order valence-corrected chi connectivity index (χ4v) is 9.99. The number of nitrogens with zero attached hydrogens (tertiary/aromatic N) is 4. The Morgan fingerprint density at radius 2 is 0.719 bits per heavy atom. The summed E-state index contributed by atoms with van der Waals surface area (Å²) in [4.78, 5) is 19.9. The van der Waals surface area contributed by atoms with Gasteiger partial charge in [0.05, 0.1) is 0 Å². The van der Waals surface area contributed by atoms with Gasteiger partial charge < -0.3 is 0 Å². The zero-order valence-corrected chi connectivity index (χ0v) is 34.6. The summed E-state index contributed by atoms with van der Waals surface area (Å²) in [5, 5.41) is 19.3. The van der Waals surface area contributed by atoms with Crippen LogP contribution in [0.1, 0.15) is 0 Å². The average Bonchev–Trinajstić information content (AvgIpc) is 3.38. The molecule has 0 aliphatic heterocycles. The number of pyridine rings is 1. The maximum Gasteiger partial charge on any atom is 0.164 e. The van der Waals surface area contributed by atoms with Crippen LogP contribution in [-0.4, -0.2) is 19.9 Å². The Balaban J connectivity index is 1.18. The molecule has 0 aliphatic carbocycles. The van der Waals surface area contributed by atoms with Gasteiger partial charge in [-0.15, -0.1) is 0 Å². The van der Waals surface area contributed by atoms with Crippen LogP contribution >= 0.6 is 0 Å². The first-order chi connectivity index (χ1) is 31.7. The van der Waals surface area contributed by atoms with Gasteiger partial charge in [-0.3, -0.25) is 4.98 Å². The smallest absolute Gasteiger partial charge is 0.164 e. The Bertz CT molecular complexity index is 4040. The molecule has 2 aromatic heterocycles. The molecule has 296 valence electrons. The van der Waals surface area contributed by atoms with Gasteiger partial charge in [-0.2, -0.15) is 0 Å². The summed E-state index contributed by atoms with van der Waals surface area (Å²) in [6.45, 7) is 0. The van der Waals surface area contributed by atoms with Crippen molar-refractivity contribution in [1.29, 1.82) is 0 Å². The van der Waals surface area contributed by atoms with Gasteiger partial charge in [0.25, 0.3) is 0 Å². The molecule has 4 heteroatoms. The van der Waals surface area contributed by atoms with Crippen molar-refractivity contribution in [3.63, 3.8) is 0 Å². The molecule has 13 rings (SSSR count). The fraction of sp³-hybridized carbons (Fsp3) is 0. The minimum absolute atomic E-state index is 0.610. The highest BCUT2D eigenvalue weighted by atomic mass is 15.0. The van der Waals surface area contributed by atoms with Crippen LogP contribution in [0.3, 0.4) is 0 Å². The third-order valence-corrected chi connectivity index (χ3v) is 12.9. The van der Waals surface area contributed by atoms with E-state index >= 15 is 0 Å². The molecule has 0 atom stereocenters. The highest BCUT2D eigenvalue weighted by Gasteiger charge is 2.18. The summed E-state index contributed by atoms with van der Waals surface area (Å²) in [6.07, 6.45) is 3.68. The van der Waals surface area contributed by atoms with Crippen LogP contribution in [0.15, 0.2) is 219 Å². The van der Waals surface area contributed by atoms with Crippen LogP contribution in [0, 0.1) is 0 Å². The molecule has 0 saturated heterocycles. The zero-order valence-electron chi connectivity index (χ0n) is 34.6. The lowest BCUT2D eigenvalue weighted by atomic mass is 9.87. The number of hydrogen-bond donors (Lipinski definition) is 0. The summed E-state index contributed by atoms with van der Waals surface area (Å²) in [7, 11) is 0. The van der Waals surface area contributed by atoms with Gasteiger partial charge >= 0.3 is 0 Å². The van der Waals surface area contributed by atoms with Gasteiger partial charge in [0.15, 0.2) is 17.5 Å². The highest BCUT2D eigenvalue weighted by Crippen LogP contribution is 2.44. The summed E-state index contributed by atoms with van der Waals surface area (Å²) in [5.74, 6) is 1.84. The molecule has 0 amide bonds. The van der Waals surface area contributed by atoms with Crippen LogP contribution in [0.25, 0.3) is 131 Å². The molecule has 11 aromatic carbocycles. The molecule has 4 nitrogen and oxygen atoms in total. The molecular formula is C60H36N4. The second-order valence-electron chi connectivity index (χ2n) is 16.5. The summed E-state index contributed by atoms with van der Waals surface area (Å²) in [6, 6.07) is 74.3. The van der Waals surface area contributed by atoms with Gasteiger partial charge in [0.1, 0.15) is 0 Å². The largest absolute Gasteiger partial charge is 0.264 e. The van der Waals surface area contributed by atoms with Gasteiger partial charge in [-0.25, -0.2) is 15.0 Å². The van der Waals surface area contributed by atoms with E-state index < -0.39 is 0 Å². The lowest BCUT2D eigenvalue weighted by molar-refractivity contribution is 1.07. The molecule has 0 fully saturated rings. The number of rotatable bonds is 4. The van der Waals surface area contributed by atoms with Crippen molar-refractivity contribution in [2.24, 2.45) is 0 Å². The predicted molar refractivity (Wildman–Crippen MR) is 268 cm³/mol. The standard InChI is InChI=1S/C60H36N4/c1-2-12-40(13-3-1)58-62-59(41-26-23-37(24-27-41)44-16-11-33-61-36-44)64-60(63-58)43-30-31-50-48-20-7-5-18-46(48)45-17-4-6-19-47(45)49-21-8-9-22-51(49)57-52-32-29-39-15-10-14-38-25-28-42(56(52)55(38)39)34-54(57)53(50)35-43/h1-36H. The maximum atomic E-state index is 5.27. The SMILES string of the molecule is c1ccc(-c2nc(-c3ccc(-c4cccnc4)cc3)nc(-c3ccc4c5ccccc5c5ccccc5c5ccccc5c5c(cc6ccc7cccc8ccc5c6c78)c4c3)n2)cc1. The van der Waals surface area contributed by atoms with E-state index in [1.165, 1.54) is 70.0 Å². The lowest BCUT2D eigenvalue weighted by Gasteiger charge is -2.16. The zero-order chi connectivity index (χ0) is 42.1. The lowest BCUT2D eigenvalue weighted by Crippen LogP contribution is -2.00. The average molecular weight is 813 g/mol. The van der Waals surface area contributed by atoms with Crippen molar-refractivity contribution in [2.75, 3.05) is 0 Å². The fourth-order valence-electron chi connectivity index (χ4n) is 9.99. The van der Waals surface area contributed by atoms with Crippen LogP contribution in [0.2, 0.25) is 0 Å². The monoisotopic (exact) mass is 812 g/mol. The van der Waals surface area contributed by atoms with Crippen LogP contribution in [0.5, 0.6) is 0 Å². The van der Waals surface area contributed by atoms with E-state index in [1.807, 2.05) is 30.5 Å². The molecule has 2 heterocycles. The van der Waals surface area contributed by atoms with Crippen molar-refractivity contribution >= 4 is 86.2 Å². The van der Waals surface area contributed by atoms with Crippen LogP contribution in [-0.2, 0) is 0 Å². The van der Waals surface area contributed by atoms with E-state index in [0.717, 1.165) is 44.0 Å². The molecular weight excluding hydrogens is 777 g/mol. The first-order valence-electron chi connectivity index (χ1n) is 21.7.